The van der Waals surface area contributed by atoms with Gasteiger partial charge >= 0.3 is 0 Å². The minimum absolute atomic E-state index is 0.0913. The van der Waals surface area contributed by atoms with Crippen molar-refractivity contribution in [2.45, 2.75) is 12.3 Å². The van der Waals surface area contributed by atoms with Gasteiger partial charge in [-0.2, -0.15) is 0 Å². The summed E-state index contributed by atoms with van der Waals surface area (Å²) in [5, 5.41) is 4.25. The van der Waals surface area contributed by atoms with Gasteiger partial charge in [0.15, 0.2) is 0 Å². The first-order valence-corrected chi connectivity index (χ1v) is 8.76. The van der Waals surface area contributed by atoms with Crippen molar-refractivity contribution in [3.05, 3.63) is 73.7 Å². The zero-order valence-corrected chi connectivity index (χ0v) is 16.0. The monoisotopic (exact) mass is 421 g/mol. The molecule has 2 aromatic rings. The molecule has 1 unspecified atom stereocenters. The smallest absolute Gasteiger partial charge is 0.225 e. The van der Waals surface area contributed by atoms with Crippen molar-refractivity contribution in [2.75, 3.05) is 5.32 Å². The molecule has 0 spiro atoms. The quantitative estimate of drug-likeness (QED) is 0.547. The van der Waals surface area contributed by atoms with E-state index in [9.17, 15) is 4.79 Å². The lowest BCUT2D eigenvalue weighted by atomic mass is 9.95. The van der Waals surface area contributed by atoms with Gasteiger partial charge in [-0.1, -0.05) is 70.1 Å². The molecule has 0 radical (unpaired) electrons. The van der Waals surface area contributed by atoms with Crippen LogP contribution in [0.15, 0.2) is 53.0 Å². The molecule has 1 amide bonds. The van der Waals surface area contributed by atoms with E-state index in [0.717, 1.165) is 5.56 Å². The SMILES string of the molecule is O=C(CC(C=C(Cl)Cl)c1ccc(Cl)cc1)Nc1cc(Cl)cc(Cl)c1. The van der Waals surface area contributed by atoms with Gasteiger partial charge in [-0.05, 0) is 42.0 Å². The van der Waals surface area contributed by atoms with Crippen LogP contribution in [-0.4, -0.2) is 5.91 Å². The summed E-state index contributed by atoms with van der Waals surface area (Å²) in [7, 11) is 0. The summed E-state index contributed by atoms with van der Waals surface area (Å²) in [6, 6.07) is 12.0. The van der Waals surface area contributed by atoms with Crippen molar-refractivity contribution in [3.8, 4) is 0 Å². The molecule has 0 aromatic heterocycles. The highest BCUT2D eigenvalue weighted by Crippen LogP contribution is 2.28. The maximum absolute atomic E-state index is 12.3. The first-order valence-electron chi connectivity index (χ1n) is 6.87. The zero-order valence-electron chi connectivity index (χ0n) is 12.2. The summed E-state index contributed by atoms with van der Waals surface area (Å²) < 4.78 is 0.0913. The highest BCUT2D eigenvalue weighted by molar-refractivity contribution is 6.55. The van der Waals surface area contributed by atoms with Gasteiger partial charge in [-0.25, -0.2) is 0 Å². The Labute approximate surface area is 165 Å². The number of benzene rings is 2. The highest BCUT2D eigenvalue weighted by Gasteiger charge is 2.15. The Morgan fingerprint density at radius 2 is 1.54 bits per heavy atom. The zero-order chi connectivity index (χ0) is 17.7. The van der Waals surface area contributed by atoms with Gasteiger partial charge in [0.1, 0.15) is 4.49 Å². The Kier molecular flexibility index (Phi) is 7.27. The van der Waals surface area contributed by atoms with E-state index in [1.165, 1.54) is 0 Å². The van der Waals surface area contributed by atoms with Crippen LogP contribution >= 0.6 is 58.0 Å². The van der Waals surface area contributed by atoms with Gasteiger partial charge in [0.2, 0.25) is 5.91 Å². The molecule has 0 saturated carbocycles. The molecule has 0 saturated heterocycles. The number of carbonyl (C=O) groups excluding carboxylic acids is 1. The van der Waals surface area contributed by atoms with Crippen LogP contribution in [-0.2, 0) is 4.79 Å². The first kappa shape index (κ1) is 19.4. The van der Waals surface area contributed by atoms with Gasteiger partial charge in [0.25, 0.3) is 0 Å². The Morgan fingerprint density at radius 1 is 0.958 bits per heavy atom. The topological polar surface area (TPSA) is 29.1 Å². The fourth-order valence-electron chi connectivity index (χ4n) is 2.17. The highest BCUT2D eigenvalue weighted by atomic mass is 35.5. The summed E-state index contributed by atoms with van der Waals surface area (Å²) in [6.45, 7) is 0. The summed E-state index contributed by atoms with van der Waals surface area (Å²) >= 11 is 29.3. The van der Waals surface area contributed by atoms with Crippen LogP contribution in [0.1, 0.15) is 17.9 Å². The van der Waals surface area contributed by atoms with E-state index in [2.05, 4.69) is 5.32 Å². The van der Waals surface area contributed by atoms with E-state index >= 15 is 0 Å². The van der Waals surface area contributed by atoms with Crippen LogP contribution in [0.4, 0.5) is 5.69 Å². The van der Waals surface area contributed by atoms with Crippen LogP contribution in [0.2, 0.25) is 15.1 Å². The van der Waals surface area contributed by atoms with Gasteiger partial charge in [0, 0.05) is 33.1 Å². The maximum Gasteiger partial charge on any atom is 0.225 e. The largest absolute Gasteiger partial charge is 0.326 e. The third kappa shape index (κ3) is 6.19. The second-order valence-electron chi connectivity index (χ2n) is 5.02. The Hall–Kier alpha value is -0.900. The molecular formula is C17H12Cl5NO. The fraction of sp³-hybridized carbons (Fsp3) is 0.118. The maximum atomic E-state index is 12.3. The van der Waals surface area contributed by atoms with E-state index in [1.807, 2.05) is 12.1 Å². The molecule has 2 nitrogen and oxygen atoms in total. The van der Waals surface area contributed by atoms with Crippen molar-refractivity contribution >= 4 is 69.6 Å². The van der Waals surface area contributed by atoms with E-state index in [1.54, 1.807) is 36.4 Å². The second-order valence-corrected chi connectivity index (χ2v) is 7.34. The van der Waals surface area contributed by atoms with Crippen molar-refractivity contribution in [2.24, 2.45) is 0 Å². The lowest BCUT2D eigenvalue weighted by Gasteiger charge is -2.14. The Bertz CT molecular complexity index is 734. The van der Waals surface area contributed by atoms with Gasteiger partial charge in [-0.3, -0.25) is 4.79 Å². The number of nitrogens with one attached hydrogen (secondary N) is 1. The van der Waals surface area contributed by atoms with Crippen LogP contribution in [0.25, 0.3) is 0 Å². The van der Waals surface area contributed by atoms with Crippen molar-refractivity contribution in [1.82, 2.24) is 0 Å². The number of halogens is 5. The minimum atomic E-state index is -0.290. The normalized spacial score (nSPS) is 11.7. The number of amides is 1. The molecule has 1 N–H and O–H groups in total. The lowest BCUT2D eigenvalue weighted by Crippen LogP contribution is -2.15. The molecule has 0 aliphatic heterocycles. The number of allylic oxidation sites excluding steroid dienone is 1. The van der Waals surface area contributed by atoms with E-state index in [0.29, 0.717) is 20.8 Å². The summed E-state index contributed by atoms with van der Waals surface area (Å²) in [5.74, 6) is -0.513. The predicted molar refractivity (Wildman–Crippen MR) is 104 cm³/mol. The van der Waals surface area contributed by atoms with E-state index < -0.39 is 0 Å². The summed E-state index contributed by atoms with van der Waals surface area (Å²) in [5.41, 5.74) is 1.39. The predicted octanol–water partition coefficient (Wildman–Crippen LogP) is 7.08. The van der Waals surface area contributed by atoms with E-state index in [4.69, 9.17) is 58.0 Å². The third-order valence-corrected chi connectivity index (χ3v) is 4.12. The number of carbonyl (C=O) groups is 1. The number of hydrogen-bond donors (Lipinski definition) is 1. The van der Waals surface area contributed by atoms with Crippen molar-refractivity contribution in [3.63, 3.8) is 0 Å². The summed E-state index contributed by atoms with van der Waals surface area (Å²) in [4.78, 5) is 12.3. The molecule has 0 aliphatic rings. The summed E-state index contributed by atoms with van der Waals surface area (Å²) in [6.07, 6.45) is 1.76. The average Bonchev–Trinajstić information content (AvgIpc) is 2.45. The second kappa shape index (κ2) is 8.98. The average molecular weight is 424 g/mol. The van der Waals surface area contributed by atoms with Crippen LogP contribution < -0.4 is 5.32 Å². The lowest BCUT2D eigenvalue weighted by molar-refractivity contribution is -0.116. The molecule has 0 heterocycles. The molecule has 2 rings (SSSR count). The van der Waals surface area contributed by atoms with Gasteiger partial charge in [0.05, 0.1) is 0 Å². The molecule has 24 heavy (non-hydrogen) atoms. The minimum Gasteiger partial charge on any atom is -0.326 e. The number of rotatable bonds is 5. The molecule has 1 atom stereocenters. The molecule has 2 aromatic carbocycles. The molecule has 126 valence electrons. The Balaban J connectivity index is 2.15. The van der Waals surface area contributed by atoms with Crippen LogP contribution in [0.5, 0.6) is 0 Å². The van der Waals surface area contributed by atoms with Crippen LogP contribution in [0, 0.1) is 0 Å². The molecular weight excluding hydrogens is 411 g/mol. The molecule has 0 aliphatic carbocycles. The van der Waals surface area contributed by atoms with Crippen molar-refractivity contribution in [1.29, 1.82) is 0 Å². The van der Waals surface area contributed by atoms with Crippen molar-refractivity contribution < 1.29 is 4.79 Å². The first-order chi connectivity index (χ1) is 11.3. The fourth-order valence-corrected chi connectivity index (χ4v) is 3.13. The van der Waals surface area contributed by atoms with Crippen LogP contribution in [0.3, 0.4) is 0 Å². The molecule has 7 heteroatoms. The molecule has 0 fully saturated rings. The third-order valence-electron chi connectivity index (χ3n) is 3.18. The number of anilines is 1. The number of hydrogen-bond acceptors (Lipinski definition) is 1. The van der Waals surface area contributed by atoms with Gasteiger partial charge in [-0.15, -0.1) is 0 Å². The molecule has 0 bridgehead atoms. The van der Waals surface area contributed by atoms with E-state index in [-0.39, 0.29) is 22.7 Å². The Morgan fingerprint density at radius 3 is 2.08 bits per heavy atom. The van der Waals surface area contributed by atoms with Gasteiger partial charge < -0.3 is 5.32 Å². The standard InChI is InChI=1S/C17H12Cl5NO/c18-12-3-1-10(2-4-12)11(5-16(21)22)6-17(24)23-15-8-13(19)7-14(20)9-15/h1-5,7-9,11H,6H2,(H,23,24).